The number of cyclic esters (lactones) is 1. The van der Waals surface area contributed by atoms with Crippen molar-refractivity contribution in [3.63, 3.8) is 0 Å². The lowest BCUT2D eigenvalue weighted by atomic mass is 10.1. The minimum absolute atomic E-state index is 0.139. The average Bonchev–Trinajstić information content (AvgIpc) is 2.88. The van der Waals surface area contributed by atoms with Gasteiger partial charge in [0.15, 0.2) is 6.29 Å². The molecule has 2 heterocycles. The number of halogens is 2. The van der Waals surface area contributed by atoms with E-state index in [1.54, 1.807) is 0 Å². The van der Waals surface area contributed by atoms with E-state index in [9.17, 15) is 4.79 Å². The fourth-order valence-electron chi connectivity index (χ4n) is 2.57. The summed E-state index contributed by atoms with van der Waals surface area (Å²) < 4.78 is 17.0. The third-order valence-corrected chi connectivity index (χ3v) is 4.39. The summed E-state index contributed by atoms with van der Waals surface area (Å²) in [6, 6.07) is 9.67. The van der Waals surface area contributed by atoms with Crippen LogP contribution in [0.4, 0.5) is 0 Å². The van der Waals surface area contributed by atoms with Gasteiger partial charge in [-0.2, -0.15) is 0 Å². The van der Waals surface area contributed by atoms with E-state index in [0.29, 0.717) is 12.8 Å². The third-order valence-electron chi connectivity index (χ3n) is 3.68. The number of hydrogen-bond acceptors (Lipinski definition) is 4. The Morgan fingerprint density at radius 2 is 1.71 bits per heavy atom. The summed E-state index contributed by atoms with van der Waals surface area (Å²) in [5.41, 5.74) is 0.940. The zero-order chi connectivity index (χ0) is 14.8. The first-order valence-electron chi connectivity index (χ1n) is 6.94. The minimum Gasteiger partial charge on any atom is -0.462 e. The highest BCUT2D eigenvalue weighted by atomic mass is 35.5. The smallest absolute Gasteiger partial charge is 0.324 e. The van der Waals surface area contributed by atoms with Crippen molar-refractivity contribution < 1.29 is 19.0 Å². The van der Waals surface area contributed by atoms with Crippen molar-refractivity contribution in [1.29, 1.82) is 0 Å². The molecule has 21 heavy (non-hydrogen) atoms. The molecule has 0 saturated carbocycles. The van der Waals surface area contributed by atoms with Gasteiger partial charge in [0.25, 0.3) is 0 Å². The Labute approximate surface area is 133 Å². The van der Waals surface area contributed by atoms with Crippen molar-refractivity contribution in [3.05, 3.63) is 35.9 Å². The first-order chi connectivity index (χ1) is 10.1. The van der Waals surface area contributed by atoms with E-state index in [4.69, 9.17) is 37.4 Å². The van der Waals surface area contributed by atoms with Gasteiger partial charge in [-0.3, -0.25) is 4.79 Å². The van der Waals surface area contributed by atoms with Crippen LogP contribution in [0.5, 0.6) is 0 Å². The summed E-state index contributed by atoms with van der Waals surface area (Å²) >= 11 is 12.2. The molecule has 3 rings (SSSR count). The quantitative estimate of drug-likeness (QED) is 0.586. The summed E-state index contributed by atoms with van der Waals surface area (Å²) in [7, 11) is 0. The predicted molar refractivity (Wildman–Crippen MR) is 78.4 cm³/mol. The van der Waals surface area contributed by atoms with Crippen LogP contribution in [0.15, 0.2) is 30.3 Å². The van der Waals surface area contributed by atoms with Crippen molar-refractivity contribution in [3.8, 4) is 0 Å². The highest BCUT2D eigenvalue weighted by Crippen LogP contribution is 2.35. The monoisotopic (exact) mass is 330 g/mol. The molecule has 0 unspecified atom stereocenters. The Morgan fingerprint density at radius 1 is 1.00 bits per heavy atom. The van der Waals surface area contributed by atoms with Gasteiger partial charge in [0.2, 0.25) is 0 Å². The van der Waals surface area contributed by atoms with Crippen LogP contribution >= 0.6 is 23.2 Å². The molecule has 0 aliphatic carbocycles. The number of carbonyl (C=O) groups is 1. The van der Waals surface area contributed by atoms with Gasteiger partial charge in [0.1, 0.15) is 18.1 Å². The summed E-state index contributed by atoms with van der Waals surface area (Å²) in [6.07, 6.45) is -0.0234. The Bertz CT molecular complexity index is 496. The lowest BCUT2D eigenvalue weighted by Crippen LogP contribution is -2.29. The molecule has 6 heteroatoms. The number of hydrogen-bond donors (Lipinski definition) is 0. The maximum Gasteiger partial charge on any atom is 0.324 e. The Hall–Kier alpha value is -0.810. The highest BCUT2D eigenvalue weighted by Gasteiger charge is 2.40. The third kappa shape index (κ3) is 3.51. The number of alkyl halides is 2. The number of benzene rings is 1. The van der Waals surface area contributed by atoms with Crippen molar-refractivity contribution in [1.82, 2.24) is 0 Å². The Balaban J connectivity index is 1.73. The van der Waals surface area contributed by atoms with Crippen molar-refractivity contribution >= 4 is 29.2 Å². The molecule has 2 saturated heterocycles. The average molecular weight is 331 g/mol. The molecule has 2 aliphatic rings. The van der Waals surface area contributed by atoms with E-state index in [1.165, 1.54) is 0 Å². The van der Waals surface area contributed by atoms with Gasteiger partial charge < -0.3 is 14.2 Å². The highest BCUT2D eigenvalue weighted by molar-refractivity contribution is 6.30. The number of ether oxygens (including phenoxy) is 3. The van der Waals surface area contributed by atoms with Crippen molar-refractivity contribution in [2.24, 2.45) is 0 Å². The van der Waals surface area contributed by atoms with Crippen LogP contribution in [-0.2, 0) is 19.0 Å². The molecular formula is C15H16Cl2O4. The van der Waals surface area contributed by atoms with E-state index in [2.05, 4.69) is 0 Å². The molecule has 0 amide bonds. The van der Waals surface area contributed by atoms with Crippen LogP contribution in [0.25, 0.3) is 0 Å². The molecule has 1 aromatic rings. The topological polar surface area (TPSA) is 44.8 Å². The molecule has 0 spiro atoms. The van der Waals surface area contributed by atoms with Crippen molar-refractivity contribution in [2.45, 2.75) is 42.1 Å². The van der Waals surface area contributed by atoms with E-state index < -0.39 is 17.6 Å². The maximum atomic E-state index is 11.7. The second kappa shape index (κ2) is 6.53. The van der Waals surface area contributed by atoms with E-state index in [0.717, 1.165) is 5.56 Å². The lowest BCUT2D eigenvalue weighted by Gasteiger charge is -2.16. The molecule has 5 atom stereocenters. The predicted octanol–water partition coefficient (Wildman–Crippen LogP) is 3.02. The molecule has 0 N–H and O–H groups in total. The van der Waals surface area contributed by atoms with Gasteiger partial charge in [-0.1, -0.05) is 30.3 Å². The van der Waals surface area contributed by atoms with Crippen LogP contribution in [0.2, 0.25) is 0 Å². The first-order valence-corrected chi connectivity index (χ1v) is 7.81. The number of esters is 1. The van der Waals surface area contributed by atoms with Crippen LogP contribution in [0.3, 0.4) is 0 Å². The van der Waals surface area contributed by atoms with Crippen LogP contribution in [0, 0.1) is 0 Å². The summed E-state index contributed by atoms with van der Waals surface area (Å²) in [6.45, 7) is 0.139. The normalized spacial score (nSPS) is 37.0. The van der Waals surface area contributed by atoms with E-state index >= 15 is 0 Å². The summed E-state index contributed by atoms with van der Waals surface area (Å²) in [5.74, 6) is -0.449. The largest absolute Gasteiger partial charge is 0.462 e. The molecular weight excluding hydrogens is 315 g/mol. The zero-order valence-corrected chi connectivity index (χ0v) is 12.8. The van der Waals surface area contributed by atoms with Gasteiger partial charge >= 0.3 is 5.97 Å². The van der Waals surface area contributed by atoms with Crippen molar-refractivity contribution in [2.75, 3.05) is 6.61 Å². The van der Waals surface area contributed by atoms with Crippen LogP contribution in [-0.4, -0.2) is 35.5 Å². The Kier molecular flexibility index (Phi) is 4.69. The standard InChI is InChI=1S/C15H16Cl2O4/c16-10-6-11(17)14(18)19-8-13-12(7-10)20-15(21-13)9-4-2-1-3-5-9/h1-5,10-13,15H,6-8H2/t10-,11-,12+,13-,15+/m1/s1. The Morgan fingerprint density at radius 3 is 2.48 bits per heavy atom. The first kappa shape index (κ1) is 15.1. The minimum atomic E-state index is -0.712. The van der Waals surface area contributed by atoms with Crippen LogP contribution in [0.1, 0.15) is 24.7 Å². The number of carbonyl (C=O) groups excluding carboxylic acids is 1. The SMILES string of the molecule is O=C1OC[C@H]2O[C@@H](c3ccccc3)O[C@H]2C[C@H](Cl)C[C@H]1Cl. The summed E-state index contributed by atoms with van der Waals surface area (Å²) in [5, 5.41) is -0.958. The van der Waals surface area contributed by atoms with E-state index in [-0.39, 0.29) is 24.2 Å². The van der Waals surface area contributed by atoms with Gasteiger partial charge in [-0.25, -0.2) is 0 Å². The molecule has 2 aliphatic heterocycles. The molecule has 1 aromatic carbocycles. The van der Waals surface area contributed by atoms with Crippen LogP contribution < -0.4 is 0 Å². The molecule has 114 valence electrons. The fraction of sp³-hybridized carbons (Fsp3) is 0.533. The second-order valence-corrected chi connectivity index (χ2v) is 6.40. The summed E-state index contributed by atoms with van der Waals surface area (Å²) in [4.78, 5) is 11.7. The van der Waals surface area contributed by atoms with Gasteiger partial charge in [-0.05, 0) is 12.8 Å². The second-order valence-electron chi connectivity index (χ2n) is 5.26. The number of fused-ring (bicyclic) bond motifs is 1. The van der Waals surface area contributed by atoms with E-state index in [1.807, 2.05) is 30.3 Å². The lowest BCUT2D eigenvalue weighted by molar-refractivity contribution is -0.147. The number of rotatable bonds is 1. The molecule has 4 nitrogen and oxygen atoms in total. The van der Waals surface area contributed by atoms with Gasteiger partial charge in [0.05, 0.1) is 6.10 Å². The molecule has 0 radical (unpaired) electrons. The van der Waals surface area contributed by atoms with Gasteiger partial charge in [0, 0.05) is 10.9 Å². The maximum absolute atomic E-state index is 11.7. The molecule has 2 fully saturated rings. The fourth-order valence-corrected chi connectivity index (χ4v) is 3.29. The molecule has 0 bridgehead atoms. The van der Waals surface area contributed by atoms with Gasteiger partial charge in [-0.15, -0.1) is 23.2 Å². The zero-order valence-electron chi connectivity index (χ0n) is 11.3. The molecule has 0 aromatic heterocycles.